The highest BCUT2D eigenvalue weighted by molar-refractivity contribution is 5.73. The van der Waals surface area contributed by atoms with Crippen molar-refractivity contribution in [3.63, 3.8) is 0 Å². The summed E-state index contributed by atoms with van der Waals surface area (Å²) < 4.78 is 57.8. The third-order valence-electron chi connectivity index (χ3n) is 4.37. The average Bonchev–Trinajstić information content (AvgIpc) is 2.88. The maximum Gasteiger partial charge on any atom is 0.309 e. The molecule has 0 aromatic rings. The van der Waals surface area contributed by atoms with Crippen LogP contribution in [0.2, 0.25) is 0 Å². The topological polar surface area (TPSA) is 26.3 Å². The van der Waals surface area contributed by atoms with Crippen LogP contribution in [-0.4, -0.2) is 23.9 Å². The van der Waals surface area contributed by atoms with E-state index in [1.165, 1.54) is 0 Å². The lowest BCUT2D eigenvalue weighted by molar-refractivity contribution is -0.158. The molecule has 0 saturated heterocycles. The Morgan fingerprint density at radius 3 is 2.20 bits per heavy atom. The summed E-state index contributed by atoms with van der Waals surface area (Å²) in [6.07, 6.45) is -0.954. The van der Waals surface area contributed by atoms with Crippen molar-refractivity contribution in [2.45, 2.75) is 69.8 Å². The molecule has 2 saturated carbocycles. The van der Waals surface area contributed by atoms with E-state index in [-0.39, 0.29) is 31.6 Å². The van der Waals surface area contributed by atoms with Gasteiger partial charge in [0.05, 0.1) is 5.92 Å². The van der Waals surface area contributed by atoms with E-state index in [1.54, 1.807) is 6.92 Å². The molecule has 2 fully saturated rings. The molecule has 6 heteroatoms. The molecule has 3 unspecified atom stereocenters. The quantitative estimate of drug-likeness (QED) is 0.574. The minimum atomic E-state index is -2.80. The zero-order valence-corrected chi connectivity index (χ0v) is 11.5. The molecular weight excluding hydrogens is 276 g/mol. The fourth-order valence-corrected chi connectivity index (χ4v) is 3.21. The van der Waals surface area contributed by atoms with Gasteiger partial charge in [-0.2, -0.15) is 0 Å². The average molecular weight is 296 g/mol. The Labute approximate surface area is 115 Å². The van der Waals surface area contributed by atoms with Gasteiger partial charge in [-0.25, -0.2) is 17.6 Å². The summed E-state index contributed by atoms with van der Waals surface area (Å²) >= 11 is 0. The van der Waals surface area contributed by atoms with Gasteiger partial charge in [-0.1, -0.05) is 6.92 Å². The molecule has 2 rings (SSSR count). The van der Waals surface area contributed by atoms with Crippen LogP contribution in [0.25, 0.3) is 0 Å². The van der Waals surface area contributed by atoms with Gasteiger partial charge in [0.25, 0.3) is 0 Å². The summed E-state index contributed by atoms with van der Waals surface area (Å²) in [5.74, 6) is -7.29. The number of rotatable bonds is 4. The summed E-state index contributed by atoms with van der Waals surface area (Å²) in [6.45, 7) is 1.76. The van der Waals surface area contributed by atoms with Crippen molar-refractivity contribution in [3.8, 4) is 0 Å². The molecule has 2 aliphatic carbocycles. The van der Waals surface area contributed by atoms with Gasteiger partial charge in [0.15, 0.2) is 0 Å². The molecule has 0 heterocycles. The van der Waals surface area contributed by atoms with Crippen LogP contribution in [0.1, 0.15) is 51.9 Å². The van der Waals surface area contributed by atoms with Crippen molar-refractivity contribution >= 4 is 5.97 Å². The number of alkyl halides is 4. The van der Waals surface area contributed by atoms with Crippen molar-refractivity contribution in [2.75, 3.05) is 0 Å². The standard InChI is InChI=1S/C14H20F4O2/c1-2-11(9-3-5-13(15,16)7-9)20-12(19)10-4-6-14(17,18)8-10/h9-11H,2-8H2,1H3. The Morgan fingerprint density at radius 2 is 1.75 bits per heavy atom. The van der Waals surface area contributed by atoms with Gasteiger partial charge >= 0.3 is 5.97 Å². The number of esters is 1. The molecule has 0 bridgehead atoms. The summed E-state index contributed by atoms with van der Waals surface area (Å²) in [6, 6.07) is 0. The van der Waals surface area contributed by atoms with Crippen LogP contribution >= 0.6 is 0 Å². The predicted molar refractivity (Wildman–Crippen MR) is 64.7 cm³/mol. The number of hydrogen-bond donors (Lipinski definition) is 0. The van der Waals surface area contributed by atoms with Crippen molar-refractivity contribution in [3.05, 3.63) is 0 Å². The third-order valence-corrected chi connectivity index (χ3v) is 4.37. The van der Waals surface area contributed by atoms with Gasteiger partial charge in [-0.15, -0.1) is 0 Å². The first-order valence-electron chi connectivity index (χ1n) is 7.18. The van der Waals surface area contributed by atoms with Crippen LogP contribution in [-0.2, 0) is 9.53 Å². The summed E-state index contributed by atoms with van der Waals surface area (Å²) in [4.78, 5) is 11.9. The van der Waals surface area contributed by atoms with Crippen LogP contribution in [0.3, 0.4) is 0 Å². The molecule has 20 heavy (non-hydrogen) atoms. The van der Waals surface area contributed by atoms with E-state index in [1.807, 2.05) is 0 Å². The summed E-state index contributed by atoms with van der Waals surface area (Å²) in [5.41, 5.74) is 0. The Morgan fingerprint density at radius 1 is 1.15 bits per heavy atom. The lowest BCUT2D eigenvalue weighted by Crippen LogP contribution is -2.29. The van der Waals surface area contributed by atoms with Crippen molar-refractivity contribution in [1.29, 1.82) is 0 Å². The lowest BCUT2D eigenvalue weighted by Gasteiger charge is -2.24. The van der Waals surface area contributed by atoms with Crippen LogP contribution in [0, 0.1) is 11.8 Å². The maximum atomic E-state index is 13.2. The Bertz CT molecular complexity index is 370. The number of carbonyl (C=O) groups is 1. The number of ether oxygens (including phenoxy) is 1. The molecule has 0 spiro atoms. The molecule has 0 amide bonds. The minimum Gasteiger partial charge on any atom is -0.462 e. The fourth-order valence-electron chi connectivity index (χ4n) is 3.21. The van der Waals surface area contributed by atoms with Gasteiger partial charge in [0, 0.05) is 31.6 Å². The normalized spacial score (nSPS) is 33.0. The van der Waals surface area contributed by atoms with Crippen LogP contribution < -0.4 is 0 Å². The van der Waals surface area contributed by atoms with Crippen LogP contribution in [0.4, 0.5) is 17.6 Å². The zero-order valence-electron chi connectivity index (χ0n) is 11.5. The van der Waals surface area contributed by atoms with Crippen LogP contribution in [0.15, 0.2) is 0 Å². The van der Waals surface area contributed by atoms with E-state index in [9.17, 15) is 22.4 Å². The van der Waals surface area contributed by atoms with E-state index in [4.69, 9.17) is 4.74 Å². The number of hydrogen-bond acceptors (Lipinski definition) is 2. The van der Waals surface area contributed by atoms with E-state index >= 15 is 0 Å². The Balaban J connectivity index is 1.89. The molecule has 0 N–H and O–H groups in total. The largest absolute Gasteiger partial charge is 0.462 e. The second-order valence-electron chi connectivity index (χ2n) is 6.04. The molecule has 0 radical (unpaired) electrons. The van der Waals surface area contributed by atoms with Crippen molar-refractivity contribution in [1.82, 2.24) is 0 Å². The third kappa shape index (κ3) is 3.64. The first kappa shape index (κ1) is 15.6. The summed E-state index contributed by atoms with van der Waals surface area (Å²) in [7, 11) is 0. The first-order valence-corrected chi connectivity index (χ1v) is 7.18. The molecule has 3 atom stereocenters. The zero-order chi connectivity index (χ0) is 15.0. The molecular formula is C14H20F4O2. The number of carbonyl (C=O) groups excluding carboxylic acids is 1. The predicted octanol–water partition coefficient (Wildman–Crippen LogP) is 4.18. The van der Waals surface area contributed by atoms with Gasteiger partial charge < -0.3 is 4.74 Å². The van der Waals surface area contributed by atoms with Crippen molar-refractivity contribution < 1.29 is 27.1 Å². The monoisotopic (exact) mass is 296 g/mol. The molecule has 0 aromatic heterocycles. The highest BCUT2D eigenvalue weighted by Crippen LogP contribution is 2.43. The minimum absolute atomic E-state index is 0.114. The van der Waals surface area contributed by atoms with Gasteiger partial charge in [-0.05, 0) is 19.3 Å². The van der Waals surface area contributed by atoms with E-state index in [0.717, 1.165) is 0 Å². The molecule has 2 nitrogen and oxygen atoms in total. The van der Waals surface area contributed by atoms with Crippen LogP contribution in [0.5, 0.6) is 0 Å². The Kier molecular flexibility index (Phi) is 4.30. The highest BCUT2D eigenvalue weighted by atomic mass is 19.3. The second kappa shape index (κ2) is 5.53. The molecule has 2 aliphatic rings. The molecule has 0 aromatic carbocycles. The Hall–Kier alpha value is -0.810. The maximum absolute atomic E-state index is 13.2. The second-order valence-corrected chi connectivity index (χ2v) is 6.04. The molecule has 116 valence electrons. The van der Waals surface area contributed by atoms with E-state index < -0.39 is 36.3 Å². The van der Waals surface area contributed by atoms with Gasteiger partial charge in [0.2, 0.25) is 11.8 Å². The highest BCUT2D eigenvalue weighted by Gasteiger charge is 2.46. The first-order chi connectivity index (χ1) is 9.22. The van der Waals surface area contributed by atoms with Gasteiger partial charge in [-0.3, -0.25) is 4.79 Å². The molecule has 0 aliphatic heterocycles. The van der Waals surface area contributed by atoms with Crippen molar-refractivity contribution in [2.24, 2.45) is 11.8 Å². The SMILES string of the molecule is CCC(OC(=O)C1CCC(F)(F)C1)C1CCC(F)(F)C1. The van der Waals surface area contributed by atoms with Gasteiger partial charge in [0.1, 0.15) is 6.10 Å². The summed E-state index contributed by atoms with van der Waals surface area (Å²) in [5, 5.41) is 0. The van der Waals surface area contributed by atoms with E-state index in [0.29, 0.717) is 12.8 Å². The lowest BCUT2D eigenvalue weighted by atomic mass is 9.98. The van der Waals surface area contributed by atoms with E-state index in [2.05, 4.69) is 0 Å². The smallest absolute Gasteiger partial charge is 0.309 e. The number of halogens is 4. The fraction of sp³-hybridized carbons (Fsp3) is 0.929.